The summed E-state index contributed by atoms with van der Waals surface area (Å²) in [6.07, 6.45) is 1.98. The number of nitrogens with one attached hydrogen (secondary N) is 3. The maximum atomic E-state index is 13.7. The molecule has 0 fully saturated rings. The van der Waals surface area contributed by atoms with Crippen LogP contribution in [0.1, 0.15) is 48.8 Å². The van der Waals surface area contributed by atoms with Crippen LogP contribution in [-0.4, -0.2) is 77.1 Å². The summed E-state index contributed by atoms with van der Waals surface area (Å²) in [4.78, 5) is 56.3. The lowest BCUT2D eigenvalue weighted by molar-refractivity contribution is -0.133. The number of rotatable bonds is 19. The van der Waals surface area contributed by atoms with E-state index in [4.69, 9.17) is 28.7 Å². The summed E-state index contributed by atoms with van der Waals surface area (Å²) in [6.45, 7) is 2.19. The summed E-state index contributed by atoms with van der Waals surface area (Å²) in [6, 6.07) is 7.50. The van der Waals surface area contributed by atoms with Crippen LogP contribution in [0.2, 0.25) is 0 Å². The Labute approximate surface area is 268 Å². The van der Waals surface area contributed by atoms with Gasteiger partial charge in [-0.05, 0) is 74.8 Å². The van der Waals surface area contributed by atoms with E-state index in [1.165, 1.54) is 6.07 Å². The highest BCUT2D eigenvalue weighted by atomic mass is 16.3. The second-order valence-corrected chi connectivity index (χ2v) is 11.1. The van der Waals surface area contributed by atoms with Crippen molar-refractivity contribution in [3.05, 3.63) is 59.2 Å². The molecular weight excluding hydrogens is 594 g/mol. The normalized spacial score (nSPS) is 13.5. The second kappa shape index (κ2) is 18.8. The number of nitrogens with two attached hydrogens (primary N) is 5. The molecule has 0 heterocycles. The van der Waals surface area contributed by atoms with Gasteiger partial charge >= 0.3 is 0 Å². The molecule has 4 amide bonds. The number of hydrogen-bond donors (Lipinski definition) is 10. The van der Waals surface area contributed by atoms with Gasteiger partial charge in [0.15, 0.2) is 17.5 Å². The van der Waals surface area contributed by atoms with Crippen molar-refractivity contribution in [2.75, 3.05) is 13.1 Å². The van der Waals surface area contributed by atoms with Crippen molar-refractivity contribution in [1.82, 2.24) is 16.0 Å². The number of carbonyl (C=O) groups excluding carboxylic acids is 4. The minimum absolute atomic E-state index is 0.000549. The van der Waals surface area contributed by atoms with Crippen molar-refractivity contribution >= 4 is 29.6 Å². The first-order chi connectivity index (χ1) is 21.8. The molecule has 46 heavy (non-hydrogen) atoms. The lowest BCUT2D eigenvalue weighted by atomic mass is 10.0. The Morgan fingerprint density at radius 2 is 1.39 bits per heavy atom. The van der Waals surface area contributed by atoms with E-state index in [2.05, 4.69) is 20.9 Å². The van der Waals surface area contributed by atoms with Gasteiger partial charge in [0.2, 0.25) is 23.6 Å². The SMILES string of the molecule is Cc1cc(C[C@@H](N)C(=O)N[C@H](CCCN=C(N)N)C(=O)N[C@@H](Cc2ccccc2)C(=O)N[C@@H](CCCCN)C(N)=O)cc(O)c1O. The molecule has 0 unspecified atom stereocenters. The third kappa shape index (κ3) is 12.6. The number of primary amides is 1. The molecule has 2 aromatic rings. The van der Waals surface area contributed by atoms with Crippen LogP contribution in [0.3, 0.4) is 0 Å². The quantitative estimate of drug-likeness (QED) is 0.0372. The highest BCUT2D eigenvalue weighted by Gasteiger charge is 2.30. The molecule has 0 aliphatic heterocycles. The molecule has 0 aliphatic rings. The third-order valence-electron chi connectivity index (χ3n) is 7.23. The van der Waals surface area contributed by atoms with Crippen LogP contribution in [0.15, 0.2) is 47.5 Å². The fourth-order valence-corrected chi connectivity index (χ4v) is 4.73. The van der Waals surface area contributed by atoms with Crippen molar-refractivity contribution in [2.24, 2.45) is 33.7 Å². The van der Waals surface area contributed by atoms with E-state index >= 15 is 0 Å². The van der Waals surface area contributed by atoms with Gasteiger partial charge in [0.05, 0.1) is 6.04 Å². The van der Waals surface area contributed by atoms with E-state index in [0.717, 1.165) is 5.56 Å². The molecule has 4 atom stereocenters. The van der Waals surface area contributed by atoms with E-state index < -0.39 is 47.8 Å². The Hall–Kier alpha value is -4.89. The average molecular weight is 642 g/mol. The number of aryl methyl sites for hydroxylation is 1. The van der Waals surface area contributed by atoms with Crippen LogP contribution >= 0.6 is 0 Å². The van der Waals surface area contributed by atoms with E-state index in [-0.39, 0.29) is 49.7 Å². The van der Waals surface area contributed by atoms with E-state index in [9.17, 15) is 29.4 Å². The van der Waals surface area contributed by atoms with Crippen molar-refractivity contribution in [3.8, 4) is 11.5 Å². The minimum atomic E-state index is -1.13. The highest BCUT2D eigenvalue weighted by molar-refractivity contribution is 5.94. The maximum absolute atomic E-state index is 13.7. The van der Waals surface area contributed by atoms with Crippen LogP contribution in [0, 0.1) is 6.92 Å². The van der Waals surface area contributed by atoms with Crippen LogP contribution in [0.4, 0.5) is 0 Å². The van der Waals surface area contributed by atoms with Gasteiger partial charge < -0.3 is 54.8 Å². The average Bonchev–Trinajstić information content (AvgIpc) is 3.00. The smallest absolute Gasteiger partial charge is 0.243 e. The lowest BCUT2D eigenvalue weighted by Gasteiger charge is -2.25. The van der Waals surface area contributed by atoms with E-state index in [1.54, 1.807) is 37.3 Å². The molecule has 0 aliphatic carbocycles. The number of aliphatic imine (C=N–C) groups is 1. The first-order valence-corrected chi connectivity index (χ1v) is 15.1. The van der Waals surface area contributed by atoms with Gasteiger partial charge in [0, 0.05) is 13.0 Å². The Morgan fingerprint density at radius 3 is 2.00 bits per heavy atom. The summed E-state index contributed by atoms with van der Waals surface area (Å²) < 4.78 is 0. The maximum Gasteiger partial charge on any atom is 0.243 e. The zero-order chi connectivity index (χ0) is 34.2. The molecule has 2 rings (SSSR count). The fraction of sp³-hybridized carbons (Fsp3) is 0.452. The van der Waals surface area contributed by atoms with Gasteiger partial charge in [-0.3, -0.25) is 24.2 Å². The van der Waals surface area contributed by atoms with Crippen LogP contribution in [-0.2, 0) is 32.0 Å². The minimum Gasteiger partial charge on any atom is -0.504 e. The predicted octanol–water partition coefficient (Wildman–Crippen LogP) is -1.36. The largest absolute Gasteiger partial charge is 0.504 e. The van der Waals surface area contributed by atoms with Crippen LogP contribution < -0.4 is 44.6 Å². The molecule has 15 N–H and O–H groups in total. The Kier molecular flexibility index (Phi) is 15.3. The van der Waals surface area contributed by atoms with Gasteiger partial charge in [0.25, 0.3) is 0 Å². The fourth-order valence-electron chi connectivity index (χ4n) is 4.73. The lowest BCUT2D eigenvalue weighted by Crippen LogP contribution is -2.58. The molecule has 2 aromatic carbocycles. The van der Waals surface area contributed by atoms with Crippen molar-refractivity contribution < 1.29 is 29.4 Å². The summed E-state index contributed by atoms with van der Waals surface area (Å²) in [5, 5.41) is 27.8. The monoisotopic (exact) mass is 641 g/mol. The second-order valence-electron chi connectivity index (χ2n) is 11.1. The number of amides is 4. The number of aromatic hydroxyl groups is 2. The zero-order valence-corrected chi connectivity index (χ0v) is 26.1. The highest BCUT2D eigenvalue weighted by Crippen LogP contribution is 2.30. The summed E-state index contributed by atoms with van der Waals surface area (Å²) in [5.41, 5.74) is 29.7. The first kappa shape index (κ1) is 37.3. The first-order valence-electron chi connectivity index (χ1n) is 15.1. The van der Waals surface area contributed by atoms with Crippen molar-refractivity contribution in [3.63, 3.8) is 0 Å². The van der Waals surface area contributed by atoms with E-state index in [0.29, 0.717) is 36.9 Å². The predicted molar refractivity (Wildman–Crippen MR) is 174 cm³/mol. The molecule has 0 bridgehead atoms. The number of guanidine groups is 1. The Bertz CT molecular complexity index is 1330. The molecular formula is C31H47N9O6. The van der Waals surface area contributed by atoms with Gasteiger partial charge in [-0.15, -0.1) is 0 Å². The summed E-state index contributed by atoms with van der Waals surface area (Å²) in [5.74, 6) is -3.42. The molecule has 0 spiro atoms. The van der Waals surface area contributed by atoms with Gasteiger partial charge in [0.1, 0.15) is 18.1 Å². The Morgan fingerprint density at radius 1 is 0.783 bits per heavy atom. The number of carbonyl (C=O) groups is 4. The number of unbranched alkanes of at least 4 members (excludes halogenated alkanes) is 1. The number of nitrogens with zero attached hydrogens (tertiary/aromatic N) is 1. The number of hydrogen-bond acceptors (Lipinski definition) is 9. The molecule has 15 nitrogen and oxygen atoms in total. The molecule has 15 heteroatoms. The third-order valence-corrected chi connectivity index (χ3v) is 7.23. The molecule has 0 radical (unpaired) electrons. The van der Waals surface area contributed by atoms with Crippen LogP contribution in [0.25, 0.3) is 0 Å². The summed E-state index contributed by atoms with van der Waals surface area (Å²) in [7, 11) is 0. The molecule has 0 saturated heterocycles. The van der Waals surface area contributed by atoms with Crippen molar-refractivity contribution in [2.45, 2.75) is 76.0 Å². The van der Waals surface area contributed by atoms with Gasteiger partial charge in [-0.2, -0.15) is 0 Å². The molecule has 252 valence electrons. The topological polar surface area (TPSA) is 287 Å². The molecule has 0 saturated carbocycles. The number of phenolic OH excluding ortho intramolecular Hbond substituents is 2. The van der Waals surface area contributed by atoms with E-state index in [1.807, 2.05) is 6.07 Å². The zero-order valence-electron chi connectivity index (χ0n) is 26.1. The van der Waals surface area contributed by atoms with Crippen molar-refractivity contribution in [1.29, 1.82) is 0 Å². The number of phenols is 2. The standard InChI is InChI=1S/C31H47N9O6/c1-18-14-20(17-25(41)26(18)42)15-21(33)28(44)39-23(11-7-13-37-31(35)36)29(45)40-24(16-19-8-3-2-4-9-19)30(46)38-22(27(34)43)10-5-6-12-32/h2-4,8-9,14,17,21-24,41-42H,5-7,10-13,15-16,32-33H2,1H3,(H2,34,43)(H,38,46)(H,39,44)(H,40,45)(H4,35,36,37)/t21-,22+,23-,24+/m1/s1. The summed E-state index contributed by atoms with van der Waals surface area (Å²) >= 11 is 0. The van der Waals surface area contributed by atoms with Crippen LogP contribution in [0.5, 0.6) is 11.5 Å². The van der Waals surface area contributed by atoms with Gasteiger partial charge in [-0.1, -0.05) is 36.4 Å². The van der Waals surface area contributed by atoms with Gasteiger partial charge in [-0.25, -0.2) is 0 Å². The Balaban J connectivity index is 2.26. The number of benzene rings is 2. The molecule has 0 aromatic heterocycles.